The Bertz CT molecular complexity index is 1140. The van der Waals surface area contributed by atoms with Gasteiger partial charge in [0, 0.05) is 18.2 Å². The molecule has 0 spiro atoms. The SMILES string of the molecule is Cc1noc(C)c1COc1ccc(CC(=O)OCC(=O)Nc2ccc3c(c2)OCCCO3)cc1. The lowest BCUT2D eigenvalue weighted by Crippen LogP contribution is -2.21. The van der Waals surface area contributed by atoms with E-state index in [0.717, 1.165) is 29.0 Å². The predicted molar refractivity (Wildman–Crippen MR) is 122 cm³/mol. The van der Waals surface area contributed by atoms with E-state index < -0.39 is 11.9 Å². The first-order valence-corrected chi connectivity index (χ1v) is 11.0. The zero-order valence-corrected chi connectivity index (χ0v) is 19.1. The largest absolute Gasteiger partial charge is 0.490 e. The van der Waals surface area contributed by atoms with E-state index in [9.17, 15) is 9.59 Å². The van der Waals surface area contributed by atoms with Crippen LogP contribution < -0.4 is 19.5 Å². The fourth-order valence-corrected chi connectivity index (χ4v) is 3.37. The van der Waals surface area contributed by atoms with E-state index >= 15 is 0 Å². The number of nitrogens with zero attached hydrogens (tertiary/aromatic N) is 1. The Hall–Kier alpha value is -4.01. The number of aryl methyl sites for hydroxylation is 2. The van der Waals surface area contributed by atoms with Crippen LogP contribution >= 0.6 is 0 Å². The molecule has 34 heavy (non-hydrogen) atoms. The highest BCUT2D eigenvalue weighted by Crippen LogP contribution is 2.32. The lowest BCUT2D eigenvalue weighted by Gasteiger charge is -2.11. The molecule has 9 heteroatoms. The van der Waals surface area contributed by atoms with Gasteiger partial charge in [0.2, 0.25) is 0 Å². The number of carbonyl (C=O) groups is 2. The molecule has 178 valence electrons. The Morgan fingerprint density at radius 1 is 1.03 bits per heavy atom. The van der Waals surface area contributed by atoms with E-state index in [1.54, 1.807) is 42.5 Å². The molecule has 0 bridgehead atoms. The highest BCUT2D eigenvalue weighted by Gasteiger charge is 2.14. The summed E-state index contributed by atoms with van der Waals surface area (Å²) in [6, 6.07) is 12.3. The van der Waals surface area contributed by atoms with Crippen molar-refractivity contribution in [3.63, 3.8) is 0 Å². The number of amides is 1. The number of fused-ring (bicyclic) bond motifs is 1. The van der Waals surface area contributed by atoms with Crippen LogP contribution in [-0.4, -0.2) is 36.9 Å². The van der Waals surface area contributed by atoms with Crippen LogP contribution in [0.4, 0.5) is 5.69 Å². The maximum Gasteiger partial charge on any atom is 0.310 e. The van der Waals surface area contributed by atoms with Gasteiger partial charge in [-0.25, -0.2) is 0 Å². The summed E-state index contributed by atoms with van der Waals surface area (Å²) in [5.74, 6) is 1.66. The van der Waals surface area contributed by atoms with Gasteiger partial charge in [-0.2, -0.15) is 0 Å². The summed E-state index contributed by atoms with van der Waals surface area (Å²) in [7, 11) is 0. The van der Waals surface area contributed by atoms with Crippen molar-refractivity contribution in [2.24, 2.45) is 0 Å². The average molecular weight is 466 g/mol. The molecule has 0 radical (unpaired) electrons. The summed E-state index contributed by atoms with van der Waals surface area (Å²) in [6.45, 7) is 4.81. The van der Waals surface area contributed by atoms with Crippen molar-refractivity contribution in [2.45, 2.75) is 33.3 Å². The van der Waals surface area contributed by atoms with Crippen LogP contribution in [0.3, 0.4) is 0 Å². The lowest BCUT2D eigenvalue weighted by molar-refractivity contribution is -0.146. The normalized spacial score (nSPS) is 12.5. The van der Waals surface area contributed by atoms with Gasteiger partial charge in [0.05, 0.1) is 30.9 Å². The number of hydrogen-bond acceptors (Lipinski definition) is 8. The standard InChI is InChI=1S/C25H26N2O7/c1-16-21(17(2)34-27-16)14-32-20-7-4-18(5-8-20)12-25(29)33-15-24(28)26-19-6-9-22-23(13-19)31-11-3-10-30-22/h4-9,13H,3,10-12,14-15H2,1-2H3,(H,26,28). The van der Waals surface area contributed by atoms with Crippen LogP contribution in [-0.2, 0) is 27.4 Å². The first-order valence-electron chi connectivity index (χ1n) is 11.0. The Labute approximate surface area is 196 Å². The Morgan fingerprint density at radius 2 is 1.79 bits per heavy atom. The molecule has 1 amide bonds. The highest BCUT2D eigenvalue weighted by molar-refractivity contribution is 5.93. The van der Waals surface area contributed by atoms with Crippen molar-refractivity contribution in [3.05, 3.63) is 65.0 Å². The minimum absolute atomic E-state index is 0.0431. The summed E-state index contributed by atoms with van der Waals surface area (Å²) < 4.78 is 27.2. The molecular formula is C25H26N2O7. The summed E-state index contributed by atoms with van der Waals surface area (Å²) in [4.78, 5) is 24.3. The van der Waals surface area contributed by atoms with Crippen molar-refractivity contribution >= 4 is 17.6 Å². The summed E-state index contributed by atoms with van der Waals surface area (Å²) in [6.07, 6.45) is 0.839. The van der Waals surface area contributed by atoms with Gasteiger partial charge in [0.1, 0.15) is 18.1 Å². The second-order valence-corrected chi connectivity index (χ2v) is 7.83. The molecule has 0 saturated heterocycles. The topological polar surface area (TPSA) is 109 Å². The molecule has 1 aromatic heterocycles. The quantitative estimate of drug-likeness (QED) is 0.500. The van der Waals surface area contributed by atoms with Gasteiger partial charge in [0.25, 0.3) is 5.91 Å². The third-order valence-electron chi connectivity index (χ3n) is 5.23. The molecule has 0 atom stereocenters. The molecule has 0 saturated carbocycles. The Morgan fingerprint density at radius 3 is 2.53 bits per heavy atom. The van der Waals surface area contributed by atoms with Crippen LogP contribution in [0.15, 0.2) is 47.0 Å². The van der Waals surface area contributed by atoms with E-state index in [2.05, 4.69) is 10.5 Å². The van der Waals surface area contributed by atoms with Gasteiger partial charge in [-0.3, -0.25) is 9.59 Å². The summed E-state index contributed by atoms with van der Waals surface area (Å²) in [5.41, 5.74) is 3.00. The third kappa shape index (κ3) is 6.06. The number of ether oxygens (including phenoxy) is 4. The van der Waals surface area contributed by atoms with Crippen LogP contribution in [0.25, 0.3) is 0 Å². The van der Waals surface area contributed by atoms with Crippen molar-refractivity contribution < 1.29 is 33.1 Å². The summed E-state index contributed by atoms with van der Waals surface area (Å²) in [5, 5.41) is 6.60. The lowest BCUT2D eigenvalue weighted by atomic mass is 10.1. The highest BCUT2D eigenvalue weighted by atomic mass is 16.5. The molecule has 3 aromatic rings. The van der Waals surface area contributed by atoms with Gasteiger partial charge >= 0.3 is 5.97 Å². The number of benzene rings is 2. The minimum Gasteiger partial charge on any atom is -0.490 e. The number of aromatic nitrogens is 1. The fraction of sp³-hybridized carbons (Fsp3) is 0.320. The Kier molecular flexibility index (Phi) is 7.31. The molecule has 2 heterocycles. The zero-order valence-electron chi connectivity index (χ0n) is 19.1. The minimum atomic E-state index is -0.502. The molecular weight excluding hydrogens is 440 g/mol. The number of nitrogens with one attached hydrogen (secondary N) is 1. The number of carbonyl (C=O) groups excluding carboxylic acids is 2. The molecule has 1 aliphatic heterocycles. The zero-order chi connectivity index (χ0) is 23.9. The number of esters is 1. The van der Waals surface area contributed by atoms with E-state index in [1.807, 2.05) is 13.8 Å². The van der Waals surface area contributed by atoms with Gasteiger partial charge < -0.3 is 28.8 Å². The molecule has 1 aliphatic rings. The second kappa shape index (κ2) is 10.7. The maximum absolute atomic E-state index is 12.2. The molecule has 0 unspecified atom stereocenters. The smallest absolute Gasteiger partial charge is 0.310 e. The fourth-order valence-electron chi connectivity index (χ4n) is 3.37. The van der Waals surface area contributed by atoms with Gasteiger partial charge in [0.15, 0.2) is 18.1 Å². The van der Waals surface area contributed by atoms with E-state index in [-0.39, 0.29) is 13.0 Å². The number of anilines is 1. The molecule has 4 rings (SSSR count). The first-order chi connectivity index (χ1) is 16.5. The number of rotatable bonds is 8. The van der Waals surface area contributed by atoms with E-state index in [0.29, 0.717) is 42.8 Å². The molecule has 2 aromatic carbocycles. The molecule has 9 nitrogen and oxygen atoms in total. The van der Waals surface area contributed by atoms with Crippen LogP contribution in [0, 0.1) is 13.8 Å². The van der Waals surface area contributed by atoms with Crippen LogP contribution in [0.5, 0.6) is 17.2 Å². The van der Waals surface area contributed by atoms with Crippen molar-refractivity contribution in [2.75, 3.05) is 25.1 Å². The summed E-state index contributed by atoms with van der Waals surface area (Å²) >= 11 is 0. The van der Waals surface area contributed by atoms with E-state index in [4.69, 9.17) is 23.5 Å². The monoisotopic (exact) mass is 466 g/mol. The van der Waals surface area contributed by atoms with Gasteiger partial charge in [-0.15, -0.1) is 0 Å². The second-order valence-electron chi connectivity index (χ2n) is 7.83. The third-order valence-corrected chi connectivity index (χ3v) is 5.23. The average Bonchev–Trinajstić information content (AvgIpc) is 3.00. The molecule has 0 fully saturated rings. The maximum atomic E-state index is 12.2. The van der Waals surface area contributed by atoms with Gasteiger partial charge in [-0.05, 0) is 43.7 Å². The van der Waals surface area contributed by atoms with Crippen molar-refractivity contribution in [1.82, 2.24) is 5.16 Å². The van der Waals surface area contributed by atoms with E-state index in [1.165, 1.54) is 0 Å². The van der Waals surface area contributed by atoms with Crippen molar-refractivity contribution in [1.29, 1.82) is 0 Å². The van der Waals surface area contributed by atoms with Crippen LogP contribution in [0.2, 0.25) is 0 Å². The van der Waals surface area contributed by atoms with Crippen molar-refractivity contribution in [3.8, 4) is 17.2 Å². The Balaban J connectivity index is 1.21. The first kappa shape index (κ1) is 23.2. The van der Waals surface area contributed by atoms with Crippen LogP contribution in [0.1, 0.15) is 29.0 Å². The number of hydrogen-bond donors (Lipinski definition) is 1. The molecule has 0 aliphatic carbocycles. The van der Waals surface area contributed by atoms with Gasteiger partial charge in [-0.1, -0.05) is 17.3 Å². The predicted octanol–water partition coefficient (Wildman–Crippen LogP) is 3.76. The molecule has 1 N–H and O–H groups in total.